The van der Waals surface area contributed by atoms with Crippen LogP contribution in [-0.4, -0.2) is 228 Å². The molecule has 4 spiro atoms. The van der Waals surface area contributed by atoms with Crippen LogP contribution >= 0.6 is 22.6 Å². The maximum atomic E-state index is 11.9. The van der Waals surface area contributed by atoms with Crippen LogP contribution in [0, 0.1) is 31.8 Å². The van der Waals surface area contributed by atoms with E-state index in [1.54, 1.807) is 12.1 Å². The maximum absolute atomic E-state index is 11.9. The fourth-order valence-corrected chi connectivity index (χ4v) is 22.8. The highest BCUT2D eigenvalue weighted by Crippen LogP contribution is 2.48. The summed E-state index contributed by atoms with van der Waals surface area (Å²) in [5.74, 6) is 6.17. The zero-order valence-electron chi connectivity index (χ0n) is 71.3. The number of aliphatic imine (C=N–C) groups is 4. The number of nitrogens with one attached hydrogen (secondary N) is 1. The number of halogens is 1. The van der Waals surface area contributed by atoms with E-state index in [4.69, 9.17) is 97.5 Å². The smallest absolute Gasteiger partial charge is 0.274 e. The minimum atomic E-state index is -3.36. The van der Waals surface area contributed by atoms with Crippen molar-refractivity contribution in [1.29, 1.82) is 0 Å². The molecule has 19 heterocycles. The van der Waals surface area contributed by atoms with Gasteiger partial charge in [-0.3, -0.25) is 34.8 Å². The molecule has 0 aliphatic carbocycles. The highest BCUT2D eigenvalue weighted by Gasteiger charge is 2.52. The zero-order valence-corrected chi connectivity index (χ0v) is 74.3. The van der Waals surface area contributed by atoms with Crippen molar-refractivity contribution in [3.05, 3.63) is 152 Å². The third-order valence-corrected chi connectivity index (χ3v) is 30.8. The van der Waals surface area contributed by atoms with Gasteiger partial charge in [-0.2, -0.15) is 0 Å². The fraction of sp³-hybridized carbons (Fsp3) is 0.568. The highest BCUT2D eigenvalue weighted by molar-refractivity contribution is 14.1. The van der Waals surface area contributed by atoms with Gasteiger partial charge >= 0.3 is 0 Å². The van der Waals surface area contributed by atoms with Crippen LogP contribution < -0.4 is 67.7 Å². The van der Waals surface area contributed by atoms with E-state index >= 15 is 0 Å². The normalized spacial score (nSPS) is 26.3. The number of amidine groups is 3. The van der Waals surface area contributed by atoms with Gasteiger partial charge in [0.05, 0.1) is 153 Å². The summed E-state index contributed by atoms with van der Waals surface area (Å²) in [7, 11) is -3.36. The third kappa shape index (κ3) is 15.6. The third-order valence-electron chi connectivity index (χ3n) is 29.4. The number of hydrogen-bond acceptors (Lipinski definition) is 32. The summed E-state index contributed by atoms with van der Waals surface area (Å²) >= 11 is 2.22. The topological polar surface area (TPSA) is 432 Å². The van der Waals surface area contributed by atoms with Crippen molar-refractivity contribution in [2.45, 2.75) is 192 Å². The van der Waals surface area contributed by atoms with Crippen LogP contribution in [0.4, 0.5) is 57.4 Å². The lowest BCUT2D eigenvalue weighted by atomic mass is 9.73. The molecule has 0 bridgehead atoms. The Morgan fingerprint density at radius 2 is 0.758 bits per heavy atom. The Kier molecular flexibility index (Phi) is 22.9. The van der Waals surface area contributed by atoms with Crippen LogP contribution in [0.1, 0.15) is 161 Å². The number of nitrogens with zero attached hydrogens (tertiary/aromatic N) is 20. The molecular formula is C88H113IN26O8S. The maximum Gasteiger partial charge on any atom is 0.274 e. The molecule has 7 aromatic rings. The number of rotatable bonds is 7. The lowest BCUT2D eigenvalue weighted by Gasteiger charge is -2.41. The van der Waals surface area contributed by atoms with Crippen LogP contribution in [0.2, 0.25) is 0 Å². The van der Waals surface area contributed by atoms with Gasteiger partial charge in [0.15, 0.2) is 17.5 Å². The molecule has 8 saturated heterocycles. The molecule has 22 rings (SSSR count). The SMILES string of the molecule is C[C@@H]1OCC2(CCN(c3cnc4c(n3)CN=C4I)CC2)[C@@H]1N.C[C@@H]1OCC2(CCN(c3cnc4c(n3)CN=C4N3CCCc4c(N)cccc43)CC2)[C@@H]1N.C[C@@H]1OCC2(CCN(c3cnc4c(n3)CN=C4N3CCCc4c(NS(C)(=O)=O)cccc43)CC2)[C@@H]1N.C[C@@H]1OCC2(CCN(c3cnc4c(n3)CN=C4N3CCCc4c3cccc4[N+](=O)[O-])CC2)[C@@H]1N. The Morgan fingerprint density at radius 1 is 0.444 bits per heavy atom. The van der Waals surface area contributed by atoms with Crippen molar-refractivity contribution in [3.63, 3.8) is 0 Å². The number of hydrogen-bond donors (Lipinski definition) is 6. The summed E-state index contributed by atoms with van der Waals surface area (Å²) in [6.07, 6.45) is 22.7. The molecule has 0 amide bonds. The minimum Gasteiger partial charge on any atom is -0.398 e. The Bertz CT molecular complexity index is 5510. The van der Waals surface area contributed by atoms with Crippen LogP contribution in [0.15, 0.2) is 99.4 Å². The van der Waals surface area contributed by atoms with Crippen LogP contribution in [0.3, 0.4) is 0 Å². The number of ether oxygens (including phenoxy) is 4. The summed E-state index contributed by atoms with van der Waals surface area (Å²) < 4.78 is 50.7. The molecule has 36 heteroatoms. The van der Waals surface area contributed by atoms with E-state index in [0.717, 1.165) is 306 Å². The average Bonchev–Trinajstić information content (AvgIpc) is 1.59. The van der Waals surface area contributed by atoms with Gasteiger partial charge in [0.1, 0.15) is 49.8 Å². The quantitative estimate of drug-likeness (QED) is 0.0381. The van der Waals surface area contributed by atoms with Gasteiger partial charge < -0.3 is 81.9 Å². The lowest BCUT2D eigenvalue weighted by Crippen LogP contribution is -2.50. The number of nitro groups is 1. The Hall–Kier alpha value is -9.38. The van der Waals surface area contributed by atoms with Crippen molar-refractivity contribution in [1.82, 2.24) is 39.9 Å². The van der Waals surface area contributed by atoms with Crippen molar-refractivity contribution in [2.75, 3.05) is 149 Å². The molecule has 0 saturated carbocycles. The first-order valence-corrected chi connectivity index (χ1v) is 47.2. The van der Waals surface area contributed by atoms with E-state index in [-0.39, 0.29) is 80.9 Å². The lowest BCUT2D eigenvalue weighted by molar-refractivity contribution is -0.385. The highest BCUT2D eigenvalue weighted by atomic mass is 127. The standard InChI is InChI=1S/C25H33N7O3S.C24H29N7O3.C24H31N7O.C15H20IN5O/c1-16-23(26)25(15-35-16)8-11-31(12-9-25)21-14-27-22-19(29-21)13-28-24(22)32-10-4-5-17-18(30-36(2,33)34)6-3-7-20(17)32;1-15-22(25)24(14-34-15)7-10-29(11-8-24)20-13-26-21-17(28-20)12-27-23(21)30-9-3-4-16-18(30)5-2-6-19(16)31(32)33;1-15-22(26)24(14-32-15)7-10-30(11-8-24)20-13-27-21-18(29-20)12-28-23(21)31-9-3-4-16-17(25)5-2-6-19(16)31;1-9-13(17)15(8-22-9)2-4-21(5-3-15)11-7-18-12-10(20-11)6-19-14(12)16/h3,6-7,14,16,23,30H,4-5,8-13,15,26H2,1-2H3;2,5-6,13,15,22H,3-4,7-12,14,25H2,1H3;2,5-6,13,15,22H,3-4,7-12,14,25-26H2,1H3;7,9,13H,2-6,8,17H2,1H3/t16-,23+;2*15-,22+;9-,13+/m0000/s1. The number of fused-ring (bicyclic) bond motifs is 7. The molecular weight excluding hydrogens is 1710 g/mol. The molecule has 15 aliphatic rings. The molecule has 11 N–H and O–H groups in total. The second kappa shape index (κ2) is 33.8. The summed E-state index contributed by atoms with van der Waals surface area (Å²) in [6.45, 7) is 23.4. The van der Waals surface area contributed by atoms with Crippen LogP contribution in [-0.2, 0) is 74.4 Å². The first-order valence-electron chi connectivity index (χ1n) is 44.2. The number of benzene rings is 3. The Morgan fingerprint density at radius 3 is 1.11 bits per heavy atom. The van der Waals surface area contributed by atoms with Crippen molar-refractivity contribution in [2.24, 2.45) is 64.6 Å². The minimum absolute atomic E-state index is 0.0701. The summed E-state index contributed by atoms with van der Waals surface area (Å²) in [5, 5.41) is 11.5. The first-order chi connectivity index (χ1) is 59.8. The molecule has 4 aromatic heterocycles. The second-order valence-electron chi connectivity index (χ2n) is 36.5. The van der Waals surface area contributed by atoms with Gasteiger partial charge in [0.25, 0.3) is 5.69 Å². The molecule has 3 aromatic carbocycles. The number of aromatic nitrogens is 8. The number of nitro benzene ring substituents is 1. The number of nitrogen functional groups attached to an aromatic ring is 1. The van der Waals surface area contributed by atoms with Crippen molar-refractivity contribution >= 4 is 111 Å². The van der Waals surface area contributed by atoms with Crippen LogP contribution in [0.5, 0.6) is 0 Å². The van der Waals surface area contributed by atoms with E-state index in [0.29, 0.717) is 38.3 Å². The van der Waals surface area contributed by atoms with Crippen molar-refractivity contribution < 1.29 is 32.3 Å². The van der Waals surface area contributed by atoms with Crippen LogP contribution in [0.25, 0.3) is 0 Å². The molecule has 0 radical (unpaired) electrons. The first kappa shape index (κ1) is 84.1. The zero-order chi connectivity index (χ0) is 85.7. The van der Waals surface area contributed by atoms with Gasteiger partial charge in [0.2, 0.25) is 10.0 Å². The van der Waals surface area contributed by atoms with E-state index < -0.39 is 10.0 Å². The summed E-state index contributed by atoms with van der Waals surface area (Å²) in [6, 6.07) is 17.5. The van der Waals surface area contributed by atoms with E-state index in [1.807, 2.05) is 61.2 Å². The van der Waals surface area contributed by atoms with E-state index in [2.05, 4.69) is 105 Å². The van der Waals surface area contributed by atoms with Gasteiger partial charge in [-0.15, -0.1) is 0 Å². The molecule has 8 fully saturated rings. The number of nitrogens with two attached hydrogens (primary N) is 5. The Balaban J connectivity index is 0.000000110. The molecule has 34 nitrogen and oxygen atoms in total. The van der Waals surface area contributed by atoms with Gasteiger partial charge in [-0.1, -0.05) is 18.2 Å². The molecule has 0 unspecified atom stereocenters. The van der Waals surface area contributed by atoms with E-state index in [9.17, 15) is 18.5 Å². The molecule has 656 valence electrons. The monoisotopic (exact) mass is 1820 g/mol. The predicted molar refractivity (Wildman–Crippen MR) is 488 cm³/mol. The predicted octanol–water partition coefficient (Wildman–Crippen LogP) is 7.93. The second-order valence-corrected chi connectivity index (χ2v) is 39.3. The average molecular weight is 1820 g/mol. The Labute approximate surface area is 736 Å². The fourth-order valence-electron chi connectivity index (χ4n) is 21.6. The van der Waals surface area contributed by atoms with Gasteiger partial charge in [0, 0.05) is 147 Å². The molecule has 8 atom stereocenters. The molecule has 15 aliphatic heterocycles. The largest absolute Gasteiger partial charge is 0.398 e. The number of sulfonamides is 1. The summed E-state index contributed by atoms with van der Waals surface area (Å²) in [5.41, 5.74) is 47.2. The molecule has 124 heavy (non-hydrogen) atoms. The van der Waals surface area contributed by atoms with Gasteiger partial charge in [-0.05, 0) is 176 Å². The van der Waals surface area contributed by atoms with Gasteiger partial charge in [-0.25, -0.2) is 48.3 Å². The number of anilines is 9. The van der Waals surface area contributed by atoms with E-state index in [1.165, 1.54) is 11.8 Å². The number of piperidine rings is 4. The summed E-state index contributed by atoms with van der Waals surface area (Å²) in [4.78, 5) is 84.4. The van der Waals surface area contributed by atoms with Crippen molar-refractivity contribution in [3.8, 4) is 0 Å².